The zero-order valence-corrected chi connectivity index (χ0v) is 24.2. The van der Waals surface area contributed by atoms with Crippen LogP contribution in [0.5, 0.6) is 0 Å². The Kier molecular flexibility index (Phi) is 8.54. The molecule has 212 valence electrons. The van der Waals surface area contributed by atoms with Crippen molar-refractivity contribution in [2.45, 2.75) is 77.8 Å². The van der Waals surface area contributed by atoms with Crippen molar-refractivity contribution in [3.8, 4) is 11.1 Å². The molecule has 1 fully saturated rings. The molecule has 3 N–H and O–H groups in total. The summed E-state index contributed by atoms with van der Waals surface area (Å²) < 4.78 is 13.4. The van der Waals surface area contributed by atoms with Gasteiger partial charge in [0, 0.05) is 37.5 Å². The molecule has 1 aliphatic carbocycles. The second-order valence-electron chi connectivity index (χ2n) is 10.8. The molecule has 1 aromatic carbocycles. The third-order valence-corrected chi connectivity index (χ3v) is 8.15. The first-order valence-corrected chi connectivity index (χ1v) is 14.2. The van der Waals surface area contributed by atoms with Crippen LogP contribution in [-0.2, 0) is 27.4 Å². The van der Waals surface area contributed by atoms with Crippen LogP contribution in [0.4, 0.5) is 5.95 Å². The summed E-state index contributed by atoms with van der Waals surface area (Å²) in [6.07, 6.45) is 8.15. The number of nitrogen functional groups attached to an aromatic ring is 1. The first kappa shape index (κ1) is 28.3. The van der Waals surface area contributed by atoms with Crippen molar-refractivity contribution in [2.24, 2.45) is 10.9 Å². The van der Waals surface area contributed by atoms with Gasteiger partial charge in [-0.25, -0.2) is 4.98 Å². The first-order chi connectivity index (χ1) is 19.2. The second-order valence-corrected chi connectivity index (χ2v) is 11.2. The highest BCUT2D eigenvalue weighted by atomic mass is 35.5. The van der Waals surface area contributed by atoms with Crippen LogP contribution in [0.15, 0.2) is 46.7 Å². The minimum absolute atomic E-state index is 0.0286. The summed E-state index contributed by atoms with van der Waals surface area (Å²) in [6, 6.07) is 7.73. The van der Waals surface area contributed by atoms with Gasteiger partial charge in [-0.3, -0.25) is 9.79 Å². The van der Waals surface area contributed by atoms with Crippen LogP contribution in [0.25, 0.3) is 22.2 Å². The number of carbonyl (C=O) groups is 1. The molecule has 3 atom stereocenters. The number of benzene rings is 1. The van der Waals surface area contributed by atoms with Crippen LogP contribution in [0.1, 0.15) is 52.0 Å². The van der Waals surface area contributed by atoms with Gasteiger partial charge in [-0.2, -0.15) is 4.98 Å². The SMILES string of the molecule is COC1C(C)=C(Cn2cc(-c3cccc(CN[C@@H](C)C(=O)OC4CCCC4)c3)c3c(Cl)nc(N)nc32)N=CC1C. The molecular weight excluding hydrogens is 528 g/mol. The van der Waals surface area contributed by atoms with Crippen molar-refractivity contribution < 1.29 is 14.3 Å². The largest absolute Gasteiger partial charge is 0.461 e. The fraction of sp³-hybridized carbons (Fsp3) is 0.467. The summed E-state index contributed by atoms with van der Waals surface area (Å²) in [4.78, 5) is 26.0. The molecule has 0 amide bonds. The summed E-state index contributed by atoms with van der Waals surface area (Å²) in [6.45, 7) is 6.99. The number of methoxy groups -OCH3 is 1. The number of ether oxygens (including phenoxy) is 2. The number of halogens is 1. The molecule has 1 aliphatic heterocycles. The van der Waals surface area contributed by atoms with Gasteiger partial charge in [-0.05, 0) is 62.3 Å². The van der Waals surface area contributed by atoms with E-state index in [9.17, 15) is 4.79 Å². The number of rotatable bonds is 9. The van der Waals surface area contributed by atoms with E-state index in [-0.39, 0.29) is 30.0 Å². The van der Waals surface area contributed by atoms with Crippen LogP contribution < -0.4 is 11.1 Å². The van der Waals surface area contributed by atoms with E-state index in [1.54, 1.807) is 7.11 Å². The molecule has 0 saturated heterocycles. The zero-order valence-electron chi connectivity index (χ0n) is 23.5. The fourth-order valence-corrected chi connectivity index (χ4v) is 5.91. The molecule has 0 radical (unpaired) electrons. The van der Waals surface area contributed by atoms with E-state index in [4.69, 9.17) is 31.8 Å². The molecule has 2 unspecified atom stereocenters. The van der Waals surface area contributed by atoms with Crippen LogP contribution >= 0.6 is 11.6 Å². The third kappa shape index (κ3) is 5.92. The van der Waals surface area contributed by atoms with Crippen LogP contribution in [0.3, 0.4) is 0 Å². The van der Waals surface area contributed by atoms with E-state index >= 15 is 0 Å². The Morgan fingerprint density at radius 1 is 1.27 bits per heavy atom. The third-order valence-electron chi connectivity index (χ3n) is 7.88. The number of nitrogens with two attached hydrogens (primary N) is 1. The van der Waals surface area contributed by atoms with Crippen molar-refractivity contribution in [1.82, 2.24) is 19.9 Å². The van der Waals surface area contributed by atoms with Gasteiger partial charge in [-0.15, -0.1) is 0 Å². The molecule has 0 spiro atoms. The number of allylic oxidation sites excluding steroid dienone is 1. The van der Waals surface area contributed by atoms with Crippen LogP contribution in [0, 0.1) is 5.92 Å². The molecular formula is C30H37ClN6O3. The lowest BCUT2D eigenvalue weighted by Crippen LogP contribution is -2.36. The lowest BCUT2D eigenvalue weighted by atomic mass is 9.95. The highest BCUT2D eigenvalue weighted by molar-refractivity contribution is 6.35. The Morgan fingerprint density at radius 3 is 2.80 bits per heavy atom. The average Bonchev–Trinajstić information content (AvgIpc) is 3.57. The van der Waals surface area contributed by atoms with Crippen molar-refractivity contribution in [3.05, 3.63) is 52.4 Å². The molecule has 2 aliphatic rings. The topological polar surface area (TPSA) is 117 Å². The van der Waals surface area contributed by atoms with Crippen molar-refractivity contribution in [2.75, 3.05) is 12.8 Å². The second kappa shape index (κ2) is 12.1. The van der Waals surface area contributed by atoms with E-state index < -0.39 is 6.04 Å². The summed E-state index contributed by atoms with van der Waals surface area (Å²) in [7, 11) is 1.72. The quantitative estimate of drug-likeness (QED) is 0.267. The lowest BCUT2D eigenvalue weighted by molar-refractivity contribution is -0.150. The Balaban J connectivity index is 1.41. The Hall–Kier alpha value is -3.27. The summed E-state index contributed by atoms with van der Waals surface area (Å²) in [5.41, 5.74) is 11.5. The molecule has 5 rings (SSSR count). The van der Waals surface area contributed by atoms with Gasteiger partial charge in [0.25, 0.3) is 0 Å². The molecule has 2 aromatic heterocycles. The monoisotopic (exact) mass is 564 g/mol. The van der Waals surface area contributed by atoms with Crippen molar-refractivity contribution in [1.29, 1.82) is 0 Å². The number of esters is 1. The predicted octanol–water partition coefficient (Wildman–Crippen LogP) is 5.31. The van der Waals surface area contributed by atoms with Gasteiger partial charge in [0.15, 0.2) is 0 Å². The molecule has 40 heavy (non-hydrogen) atoms. The van der Waals surface area contributed by atoms with Crippen molar-refractivity contribution >= 4 is 40.8 Å². The summed E-state index contributed by atoms with van der Waals surface area (Å²) >= 11 is 6.64. The number of nitrogens with one attached hydrogen (secondary N) is 1. The number of fused-ring (bicyclic) bond motifs is 1. The summed E-state index contributed by atoms with van der Waals surface area (Å²) in [5.74, 6) is 0.107. The van der Waals surface area contributed by atoms with Crippen molar-refractivity contribution in [3.63, 3.8) is 0 Å². The number of hydrogen-bond acceptors (Lipinski definition) is 8. The van der Waals surface area contributed by atoms with Gasteiger partial charge in [0.2, 0.25) is 5.95 Å². The minimum atomic E-state index is -0.400. The van der Waals surface area contributed by atoms with Gasteiger partial charge in [0.1, 0.15) is 22.9 Å². The lowest BCUT2D eigenvalue weighted by Gasteiger charge is -2.26. The Morgan fingerprint density at radius 2 is 2.05 bits per heavy atom. The Bertz CT molecular complexity index is 1460. The zero-order chi connectivity index (χ0) is 28.4. The molecule has 9 nitrogen and oxygen atoms in total. The standard InChI is InChI=1S/C30H37ClN6O3/c1-17-13-34-24(18(2)26(17)39-4)16-37-15-23(25-27(31)35-30(32)36-28(25)37)21-9-7-8-20(12-21)14-33-19(3)29(38)40-22-10-5-6-11-22/h7-9,12-13,15,17,19,22,26,33H,5-6,10-11,14,16H2,1-4H3,(H2,32,35,36)/t17?,19-,26?/m0/s1. The summed E-state index contributed by atoms with van der Waals surface area (Å²) in [5, 5.41) is 4.33. The van der Waals surface area contributed by atoms with Gasteiger partial charge >= 0.3 is 5.97 Å². The van der Waals surface area contributed by atoms with Crippen LogP contribution in [-0.4, -0.2) is 52.1 Å². The number of aliphatic imine (C=N–C) groups is 1. The van der Waals surface area contributed by atoms with E-state index in [1.165, 1.54) is 0 Å². The van der Waals surface area contributed by atoms with E-state index in [0.29, 0.717) is 23.9 Å². The number of anilines is 1. The highest BCUT2D eigenvalue weighted by Crippen LogP contribution is 2.36. The number of carbonyl (C=O) groups excluding carboxylic acids is 1. The molecule has 1 saturated carbocycles. The van der Waals surface area contributed by atoms with E-state index in [2.05, 4.69) is 35.2 Å². The number of nitrogens with zero attached hydrogens (tertiary/aromatic N) is 4. The number of hydrogen-bond donors (Lipinski definition) is 2. The van der Waals surface area contributed by atoms with Crippen LogP contribution in [0.2, 0.25) is 5.15 Å². The van der Waals surface area contributed by atoms with E-state index in [1.807, 2.05) is 42.1 Å². The van der Waals surface area contributed by atoms with Gasteiger partial charge < -0.3 is 25.1 Å². The molecule has 10 heteroatoms. The molecule has 0 bridgehead atoms. The maximum atomic E-state index is 12.5. The first-order valence-electron chi connectivity index (χ1n) is 13.9. The average molecular weight is 565 g/mol. The maximum Gasteiger partial charge on any atom is 0.323 e. The van der Waals surface area contributed by atoms with E-state index in [0.717, 1.165) is 59.0 Å². The molecule has 3 heterocycles. The predicted molar refractivity (Wildman–Crippen MR) is 158 cm³/mol. The Labute approximate surface area is 239 Å². The van der Waals surface area contributed by atoms with Gasteiger partial charge in [0.05, 0.1) is 23.7 Å². The smallest absolute Gasteiger partial charge is 0.323 e. The maximum absolute atomic E-state index is 12.5. The van der Waals surface area contributed by atoms with Gasteiger partial charge in [-0.1, -0.05) is 36.7 Å². The minimum Gasteiger partial charge on any atom is -0.461 e. The highest BCUT2D eigenvalue weighted by Gasteiger charge is 2.26. The fourth-order valence-electron chi connectivity index (χ4n) is 5.64. The molecule has 3 aromatic rings. The normalized spacial score (nSPS) is 20.4. The number of aromatic nitrogens is 3.